The van der Waals surface area contributed by atoms with Gasteiger partial charge in [-0.25, -0.2) is 0 Å². The van der Waals surface area contributed by atoms with Gasteiger partial charge in [-0.1, -0.05) is 0 Å². The van der Waals surface area contributed by atoms with E-state index in [9.17, 15) is 0 Å². The summed E-state index contributed by atoms with van der Waals surface area (Å²) in [5, 5.41) is 0. The zero-order valence-electron chi connectivity index (χ0n) is 11.2. The Labute approximate surface area is 110 Å². The van der Waals surface area contributed by atoms with Crippen molar-refractivity contribution in [2.45, 2.75) is 26.2 Å². The van der Waals surface area contributed by atoms with Crippen molar-refractivity contribution < 1.29 is 9.47 Å². The first-order valence-corrected chi connectivity index (χ1v) is 6.96. The van der Waals surface area contributed by atoms with E-state index in [1.54, 1.807) is 0 Å². The standard InChI is InChI=1S/C15H23NO2/c1-2-17-14-6-8-15(9-7-14)18-13-5-12-16-10-3-4-11-16/h6-9H,2-5,10-13H2,1H3. The predicted octanol–water partition coefficient (Wildman–Crippen LogP) is 2.95. The maximum absolute atomic E-state index is 5.72. The van der Waals surface area contributed by atoms with Gasteiger partial charge in [-0.05, 0) is 63.5 Å². The Morgan fingerprint density at radius 3 is 2.22 bits per heavy atom. The zero-order valence-corrected chi connectivity index (χ0v) is 11.2. The molecule has 100 valence electrons. The smallest absolute Gasteiger partial charge is 0.119 e. The van der Waals surface area contributed by atoms with Gasteiger partial charge in [-0.2, -0.15) is 0 Å². The summed E-state index contributed by atoms with van der Waals surface area (Å²) < 4.78 is 11.1. The van der Waals surface area contributed by atoms with Crippen molar-refractivity contribution in [3.8, 4) is 11.5 Å². The SMILES string of the molecule is CCOc1ccc(OCCCN2CCCC2)cc1. The number of ether oxygens (including phenoxy) is 2. The molecule has 0 aliphatic carbocycles. The van der Waals surface area contributed by atoms with Crippen LogP contribution in [0.2, 0.25) is 0 Å². The van der Waals surface area contributed by atoms with Crippen LogP contribution in [0.3, 0.4) is 0 Å². The highest BCUT2D eigenvalue weighted by Gasteiger charge is 2.10. The van der Waals surface area contributed by atoms with Gasteiger partial charge in [0.25, 0.3) is 0 Å². The highest BCUT2D eigenvalue weighted by molar-refractivity contribution is 5.31. The predicted molar refractivity (Wildman–Crippen MR) is 73.4 cm³/mol. The monoisotopic (exact) mass is 249 g/mol. The second-order valence-electron chi connectivity index (χ2n) is 4.66. The molecule has 0 bridgehead atoms. The molecule has 3 nitrogen and oxygen atoms in total. The van der Waals surface area contributed by atoms with Crippen molar-refractivity contribution in [3.63, 3.8) is 0 Å². The van der Waals surface area contributed by atoms with E-state index in [-0.39, 0.29) is 0 Å². The van der Waals surface area contributed by atoms with Crippen molar-refractivity contribution in [2.75, 3.05) is 32.8 Å². The highest BCUT2D eigenvalue weighted by Crippen LogP contribution is 2.17. The Morgan fingerprint density at radius 1 is 1.00 bits per heavy atom. The number of hydrogen-bond acceptors (Lipinski definition) is 3. The van der Waals surface area contributed by atoms with Gasteiger partial charge >= 0.3 is 0 Å². The first kappa shape index (κ1) is 13.2. The van der Waals surface area contributed by atoms with Gasteiger partial charge in [0.2, 0.25) is 0 Å². The minimum atomic E-state index is 0.704. The van der Waals surface area contributed by atoms with E-state index < -0.39 is 0 Å². The van der Waals surface area contributed by atoms with Crippen LogP contribution in [0.1, 0.15) is 26.2 Å². The van der Waals surface area contributed by atoms with E-state index in [1.165, 1.54) is 25.9 Å². The topological polar surface area (TPSA) is 21.7 Å². The van der Waals surface area contributed by atoms with E-state index in [0.717, 1.165) is 31.1 Å². The average Bonchev–Trinajstić information content (AvgIpc) is 2.90. The molecular formula is C15H23NO2. The highest BCUT2D eigenvalue weighted by atomic mass is 16.5. The molecule has 0 N–H and O–H groups in total. The van der Waals surface area contributed by atoms with Crippen molar-refractivity contribution in [1.82, 2.24) is 4.90 Å². The summed E-state index contributed by atoms with van der Waals surface area (Å²) in [4.78, 5) is 2.52. The largest absolute Gasteiger partial charge is 0.494 e. The minimum absolute atomic E-state index is 0.704. The summed E-state index contributed by atoms with van der Waals surface area (Å²) in [5.74, 6) is 1.83. The maximum Gasteiger partial charge on any atom is 0.119 e. The third kappa shape index (κ3) is 4.22. The van der Waals surface area contributed by atoms with Crippen molar-refractivity contribution >= 4 is 0 Å². The normalized spacial score (nSPS) is 15.8. The average molecular weight is 249 g/mol. The van der Waals surface area contributed by atoms with Gasteiger partial charge in [-0.3, -0.25) is 0 Å². The van der Waals surface area contributed by atoms with E-state index in [2.05, 4.69) is 4.90 Å². The van der Waals surface area contributed by atoms with Crippen molar-refractivity contribution in [1.29, 1.82) is 0 Å². The van der Waals surface area contributed by atoms with Crippen LogP contribution >= 0.6 is 0 Å². The van der Waals surface area contributed by atoms with E-state index in [1.807, 2.05) is 31.2 Å². The molecular weight excluding hydrogens is 226 g/mol. The quantitative estimate of drug-likeness (QED) is 0.693. The van der Waals surface area contributed by atoms with Gasteiger partial charge in [0, 0.05) is 6.54 Å². The molecule has 3 heteroatoms. The fraction of sp³-hybridized carbons (Fsp3) is 0.600. The van der Waals surface area contributed by atoms with Crippen LogP contribution < -0.4 is 9.47 Å². The van der Waals surface area contributed by atoms with E-state index in [4.69, 9.17) is 9.47 Å². The first-order valence-electron chi connectivity index (χ1n) is 6.96. The molecule has 0 atom stereocenters. The summed E-state index contributed by atoms with van der Waals surface area (Å²) in [6.45, 7) is 7.19. The lowest BCUT2D eigenvalue weighted by molar-refractivity contribution is 0.263. The van der Waals surface area contributed by atoms with Crippen LogP contribution in [0, 0.1) is 0 Å². The molecule has 1 heterocycles. The van der Waals surface area contributed by atoms with Crippen LogP contribution in [0.4, 0.5) is 0 Å². The number of hydrogen-bond donors (Lipinski definition) is 0. The number of likely N-dealkylation sites (tertiary alicyclic amines) is 1. The van der Waals surface area contributed by atoms with Crippen LogP contribution in [0.25, 0.3) is 0 Å². The molecule has 1 aliphatic rings. The third-order valence-corrected chi connectivity index (χ3v) is 3.22. The van der Waals surface area contributed by atoms with Crippen LogP contribution in [0.15, 0.2) is 24.3 Å². The fourth-order valence-electron chi connectivity index (χ4n) is 2.28. The molecule has 0 amide bonds. The van der Waals surface area contributed by atoms with Crippen molar-refractivity contribution in [3.05, 3.63) is 24.3 Å². The molecule has 0 aromatic heterocycles. The first-order chi connectivity index (χ1) is 8.88. The molecule has 0 spiro atoms. The zero-order chi connectivity index (χ0) is 12.6. The molecule has 2 rings (SSSR count). The summed E-state index contributed by atoms with van der Waals surface area (Å²) in [5.41, 5.74) is 0. The molecule has 1 aromatic rings. The Morgan fingerprint density at radius 2 is 1.61 bits per heavy atom. The lowest BCUT2D eigenvalue weighted by Crippen LogP contribution is -2.21. The second-order valence-corrected chi connectivity index (χ2v) is 4.66. The lowest BCUT2D eigenvalue weighted by Gasteiger charge is -2.14. The van der Waals surface area contributed by atoms with E-state index >= 15 is 0 Å². The lowest BCUT2D eigenvalue weighted by atomic mass is 10.3. The summed E-state index contributed by atoms with van der Waals surface area (Å²) in [6, 6.07) is 7.86. The van der Waals surface area contributed by atoms with Crippen LogP contribution in [-0.2, 0) is 0 Å². The summed E-state index contributed by atoms with van der Waals surface area (Å²) >= 11 is 0. The minimum Gasteiger partial charge on any atom is -0.494 e. The molecule has 1 saturated heterocycles. The molecule has 0 saturated carbocycles. The third-order valence-electron chi connectivity index (χ3n) is 3.22. The Kier molecular flexibility index (Phi) is 5.34. The number of benzene rings is 1. The molecule has 1 aliphatic heterocycles. The number of nitrogens with zero attached hydrogens (tertiary/aromatic N) is 1. The van der Waals surface area contributed by atoms with Crippen molar-refractivity contribution in [2.24, 2.45) is 0 Å². The summed E-state index contributed by atoms with van der Waals surface area (Å²) in [6.07, 6.45) is 3.83. The van der Waals surface area contributed by atoms with Crippen LogP contribution in [0.5, 0.6) is 11.5 Å². The van der Waals surface area contributed by atoms with Gasteiger partial charge in [-0.15, -0.1) is 0 Å². The molecule has 1 fully saturated rings. The second kappa shape index (κ2) is 7.27. The molecule has 18 heavy (non-hydrogen) atoms. The Hall–Kier alpha value is -1.22. The molecule has 0 unspecified atom stereocenters. The van der Waals surface area contributed by atoms with Gasteiger partial charge < -0.3 is 14.4 Å². The van der Waals surface area contributed by atoms with E-state index in [0.29, 0.717) is 6.61 Å². The molecule has 0 radical (unpaired) electrons. The van der Waals surface area contributed by atoms with Gasteiger partial charge in [0.05, 0.1) is 13.2 Å². The van der Waals surface area contributed by atoms with Crippen LogP contribution in [-0.4, -0.2) is 37.7 Å². The van der Waals surface area contributed by atoms with Gasteiger partial charge in [0.15, 0.2) is 0 Å². The maximum atomic E-state index is 5.72. The summed E-state index contributed by atoms with van der Waals surface area (Å²) in [7, 11) is 0. The number of rotatable bonds is 7. The molecule has 1 aromatic carbocycles. The fourth-order valence-corrected chi connectivity index (χ4v) is 2.28. The van der Waals surface area contributed by atoms with Gasteiger partial charge in [0.1, 0.15) is 11.5 Å². The Bertz CT molecular complexity index is 331. The Balaban J connectivity index is 1.63.